The molecule has 0 spiro atoms. The van der Waals surface area contributed by atoms with E-state index in [2.05, 4.69) is 11.9 Å². The summed E-state index contributed by atoms with van der Waals surface area (Å²) in [6.45, 7) is 2.67. The minimum absolute atomic E-state index is 0.0694. The van der Waals surface area contributed by atoms with E-state index in [4.69, 9.17) is 17.3 Å². The van der Waals surface area contributed by atoms with Gasteiger partial charge in [0.25, 0.3) is 0 Å². The summed E-state index contributed by atoms with van der Waals surface area (Å²) in [6, 6.07) is 5.47. The van der Waals surface area contributed by atoms with Crippen LogP contribution in [-0.2, 0) is 6.54 Å². The van der Waals surface area contributed by atoms with Crippen LogP contribution in [-0.4, -0.2) is 21.3 Å². The molecular formula is C13H18ClN3O. The van der Waals surface area contributed by atoms with Crippen molar-refractivity contribution in [1.82, 2.24) is 9.55 Å². The number of hydrogen-bond donors (Lipinski definition) is 2. The molecule has 1 unspecified atom stereocenters. The van der Waals surface area contributed by atoms with E-state index in [1.165, 1.54) is 0 Å². The van der Waals surface area contributed by atoms with Crippen LogP contribution in [0.1, 0.15) is 31.6 Å². The third kappa shape index (κ3) is 2.51. The quantitative estimate of drug-likeness (QED) is 0.875. The molecule has 1 aromatic heterocycles. The molecule has 1 aromatic carbocycles. The first-order chi connectivity index (χ1) is 8.67. The average molecular weight is 268 g/mol. The second-order valence-electron chi connectivity index (χ2n) is 4.37. The van der Waals surface area contributed by atoms with Crippen LogP contribution in [0.2, 0.25) is 5.02 Å². The standard InChI is InChI=1S/C13H18ClN3O/c1-2-3-10(15)13-16-11-8-9(14)4-5-12(11)17(13)6-7-18/h4-5,8,10,18H,2-3,6-7,15H2,1H3. The Bertz CT molecular complexity index is 538. The van der Waals surface area contributed by atoms with Gasteiger partial charge in [-0.15, -0.1) is 0 Å². The molecule has 5 heteroatoms. The lowest BCUT2D eigenvalue weighted by molar-refractivity contribution is 0.274. The molecule has 98 valence electrons. The van der Waals surface area contributed by atoms with Crippen molar-refractivity contribution in [2.45, 2.75) is 32.4 Å². The number of rotatable bonds is 5. The molecule has 1 heterocycles. The number of aliphatic hydroxyl groups excluding tert-OH is 1. The van der Waals surface area contributed by atoms with Crippen LogP contribution in [0.25, 0.3) is 11.0 Å². The number of benzene rings is 1. The minimum atomic E-state index is -0.104. The number of aromatic nitrogens is 2. The largest absolute Gasteiger partial charge is 0.395 e. The van der Waals surface area contributed by atoms with Crippen LogP contribution in [0.3, 0.4) is 0 Å². The van der Waals surface area contributed by atoms with Crippen molar-refractivity contribution in [2.24, 2.45) is 5.73 Å². The van der Waals surface area contributed by atoms with E-state index >= 15 is 0 Å². The van der Waals surface area contributed by atoms with Crippen molar-refractivity contribution < 1.29 is 5.11 Å². The molecule has 0 saturated heterocycles. The fourth-order valence-electron chi connectivity index (χ4n) is 2.18. The summed E-state index contributed by atoms with van der Waals surface area (Å²) < 4.78 is 1.98. The molecule has 0 bridgehead atoms. The Kier molecular flexibility index (Phi) is 4.22. The smallest absolute Gasteiger partial charge is 0.126 e. The number of nitrogens with zero attached hydrogens (tertiary/aromatic N) is 2. The van der Waals surface area contributed by atoms with E-state index in [0.717, 1.165) is 29.7 Å². The van der Waals surface area contributed by atoms with Crippen LogP contribution in [0.4, 0.5) is 0 Å². The molecule has 0 aliphatic carbocycles. The van der Waals surface area contributed by atoms with Crippen molar-refractivity contribution in [3.05, 3.63) is 29.0 Å². The Morgan fingerprint density at radius 3 is 2.94 bits per heavy atom. The van der Waals surface area contributed by atoms with Gasteiger partial charge in [0.2, 0.25) is 0 Å². The van der Waals surface area contributed by atoms with Gasteiger partial charge in [-0.3, -0.25) is 0 Å². The van der Waals surface area contributed by atoms with E-state index in [0.29, 0.717) is 11.6 Å². The van der Waals surface area contributed by atoms with Gasteiger partial charge in [0.1, 0.15) is 5.82 Å². The highest BCUT2D eigenvalue weighted by Gasteiger charge is 2.16. The van der Waals surface area contributed by atoms with Crippen molar-refractivity contribution in [1.29, 1.82) is 0 Å². The molecule has 0 saturated carbocycles. The molecule has 0 aliphatic heterocycles. The molecule has 0 fully saturated rings. The maximum absolute atomic E-state index is 9.17. The summed E-state index contributed by atoms with van der Waals surface area (Å²) in [5.41, 5.74) is 7.94. The third-order valence-corrected chi connectivity index (χ3v) is 3.23. The van der Waals surface area contributed by atoms with E-state index in [9.17, 15) is 5.11 Å². The highest BCUT2D eigenvalue weighted by molar-refractivity contribution is 6.31. The minimum Gasteiger partial charge on any atom is -0.395 e. The predicted octanol–water partition coefficient (Wildman–Crippen LogP) is 2.48. The summed E-state index contributed by atoms with van der Waals surface area (Å²) in [4.78, 5) is 4.55. The van der Waals surface area contributed by atoms with E-state index in [-0.39, 0.29) is 12.6 Å². The van der Waals surface area contributed by atoms with Crippen molar-refractivity contribution in [3.8, 4) is 0 Å². The fourth-order valence-corrected chi connectivity index (χ4v) is 2.35. The number of hydrogen-bond acceptors (Lipinski definition) is 3. The summed E-state index contributed by atoms with van der Waals surface area (Å²) in [5, 5.41) is 9.83. The SMILES string of the molecule is CCCC(N)c1nc2cc(Cl)ccc2n1CCO. The predicted molar refractivity (Wildman–Crippen MR) is 73.7 cm³/mol. The first-order valence-electron chi connectivity index (χ1n) is 6.19. The lowest BCUT2D eigenvalue weighted by atomic mass is 10.2. The maximum Gasteiger partial charge on any atom is 0.126 e. The van der Waals surface area contributed by atoms with Gasteiger partial charge in [-0.25, -0.2) is 4.98 Å². The lowest BCUT2D eigenvalue weighted by Gasteiger charge is -2.12. The normalized spacial score (nSPS) is 13.1. The summed E-state index contributed by atoms with van der Waals surface area (Å²) in [6.07, 6.45) is 1.88. The summed E-state index contributed by atoms with van der Waals surface area (Å²) in [5.74, 6) is 0.822. The van der Waals surface area contributed by atoms with Crippen molar-refractivity contribution in [3.63, 3.8) is 0 Å². The van der Waals surface area contributed by atoms with E-state index in [1.54, 1.807) is 0 Å². The Labute approximate surface area is 111 Å². The van der Waals surface area contributed by atoms with Gasteiger partial charge >= 0.3 is 0 Å². The Hall–Kier alpha value is -1.10. The zero-order valence-corrected chi connectivity index (χ0v) is 11.2. The second-order valence-corrected chi connectivity index (χ2v) is 4.81. The van der Waals surface area contributed by atoms with Crippen molar-refractivity contribution in [2.75, 3.05) is 6.61 Å². The van der Waals surface area contributed by atoms with Gasteiger partial charge in [0, 0.05) is 11.6 Å². The monoisotopic (exact) mass is 267 g/mol. The van der Waals surface area contributed by atoms with Gasteiger partial charge in [-0.05, 0) is 24.6 Å². The molecule has 18 heavy (non-hydrogen) atoms. The maximum atomic E-state index is 9.17. The number of halogens is 1. The van der Waals surface area contributed by atoms with Gasteiger partial charge in [0.15, 0.2) is 0 Å². The molecule has 1 atom stereocenters. The molecular weight excluding hydrogens is 250 g/mol. The highest BCUT2D eigenvalue weighted by atomic mass is 35.5. The lowest BCUT2D eigenvalue weighted by Crippen LogP contribution is -2.17. The van der Waals surface area contributed by atoms with Crippen LogP contribution in [0.15, 0.2) is 18.2 Å². The fraction of sp³-hybridized carbons (Fsp3) is 0.462. The van der Waals surface area contributed by atoms with Gasteiger partial charge in [-0.1, -0.05) is 24.9 Å². The third-order valence-electron chi connectivity index (χ3n) is 2.99. The Morgan fingerprint density at radius 1 is 1.50 bits per heavy atom. The van der Waals surface area contributed by atoms with Gasteiger partial charge in [-0.2, -0.15) is 0 Å². The zero-order valence-electron chi connectivity index (χ0n) is 10.4. The number of nitrogens with two attached hydrogens (primary N) is 1. The average Bonchev–Trinajstić information content (AvgIpc) is 2.68. The Balaban J connectivity index is 2.53. The molecule has 2 aromatic rings. The molecule has 2 rings (SSSR count). The number of imidazole rings is 1. The van der Waals surface area contributed by atoms with E-state index < -0.39 is 0 Å². The summed E-state index contributed by atoms with van der Waals surface area (Å²) >= 11 is 5.97. The van der Waals surface area contributed by atoms with Crippen molar-refractivity contribution >= 4 is 22.6 Å². The summed E-state index contributed by atoms with van der Waals surface area (Å²) in [7, 11) is 0. The first-order valence-corrected chi connectivity index (χ1v) is 6.57. The molecule has 3 N–H and O–H groups in total. The van der Waals surface area contributed by atoms with Crippen LogP contribution in [0, 0.1) is 0 Å². The molecule has 0 aliphatic rings. The van der Waals surface area contributed by atoms with E-state index in [1.807, 2.05) is 22.8 Å². The number of aliphatic hydroxyl groups is 1. The van der Waals surface area contributed by atoms with Gasteiger partial charge in [0.05, 0.1) is 23.7 Å². The molecule has 0 amide bonds. The van der Waals surface area contributed by atoms with Crippen LogP contribution in [0.5, 0.6) is 0 Å². The topological polar surface area (TPSA) is 64.1 Å². The molecule has 4 nitrogen and oxygen atoms in total. The first kappa shape index (κ1) is 13.3. The van der Waals surface area contributed by atoms with Crippen LogP contribution < -0.4 is 5.73 Å². The highest BCUT2D eigenvalue weighted by Crippen LogP contribution is 2.24. The second kappa shape index (κ2) is 5.69. The van der Waals surface area contributed by atoms with Gasteiger partial charge < -0.3 is 15.4 Å². The molecule has 0 radical (unpaired) electrons. The number of fused-ring (bicyclic) bond motifs is 1. The van der Waals surface area contributed by atoms with Crippen LogP contribution >= 0.6 is 11.6 Å². The zero-order chi connectivity index (χ0) is 13.1. The Morgan fingerprint density at radius 2 is 2.28 bits per heavy atom.